The molecule has 0 aliphatic heterocycles. The van der Waals surface area contributed by atoms with Gasteiger partial charge in [0.2, 0.25) is 0 Å². The Bertz CT molecular complexity index is 479. The van der Waals surface area contributed by atoms with Crippen LogP contribution < -0.4 is 5.73 Å². The molecule has 1 amide bonds. The zero-order valence-electron chi connectivity index (χ0n) is 9.47. The molecule has 0 saturated carbocycles. The molecule has 0 atom stereocenters. The van der Waals surface area contributed by atoms with E-state index in [2.05, 4.69) is 0 Å². The molecule has 1 aromatic carbocycles. The van der Waals surface area contributed by atoms with Crippen LogP contribution in [0.15, 0.2) is 18.2 Å². The number of nitrogens with two attached hydrogens (primary N) is 1. The summed E-state index contributed by atoms with van der Waals surface area (Å²) in [5.41, 5.74) is 4.81. The highest BCUT2D eigenvalue weighted by atomic mass is 19.3. The Morgan fingerprint density at radius 3 is 2.67 bits per heavy atom. The lowest BCUT2D eigenvalue weighted by atomic mass is 10.1. The van der Waals surface area contributed by atoms with E-state index in [-0.39, 0.29) is 11.3 Å². The molecule has 1 aromatic rings. The monoisotopic (exact) mass is 259 g/mol. The van der Waals surface area contributed by atoms with E-state index >= 15 is 0 Å². The lowest BCUT2D eigenvalue weighted by molar-refractivity contribution is -0.385. The molecule has 0 spiro atoms. The van der Waals surface area contributed by atoms with Gasteiger partial charge in [-0.1, -0.05) is 0 Å². The topological polar surface area (TPSA) is 89.5 Å². The third kappa shape index (κ3) is 3.12. The number of alkyl halides is 2. The smallest absolute Gasteiger partial charge is 0.282 e. The summed E-state index contributed by atoms with van der Waals surface area (Å²) in [7, 11) is 1.14. The Balaban J connectivity index is 3.11. The van der Waals surface area contributed by atoms with Crippen molar-refractivity contribution in [1.29, 1.82) is 0 Å². The van der Waals surface area contributed by atoms with Crippen molar-refractivity contribution in [2.75, 3.05) is 19.3 Å². The minimum absolute atomic E-state index is 0.148. The average Bonchev–Trinajstić information content (AvgIpc) is 2.26. The van der Waals surface area contributed by atoms with Crippen LogP contribution in [-0.2, 0) is 0 Å². The maximum absolute atomic E-state index is 12.1. The van der Waals surface area contributed by atoms with Crippen LogP contribution in [0.4, 0.5) is 20.2 Å². The lowest BCUT2D eigenvalue weighted by Crippen LogP contribution is -2.31. The van der Waals surface area contributed by atoms with Gasteiger partial charge in [0.05, 0.1) is 11.5 Å². The van der Waals surface area contributed by atoms with Crippen LogP contribution in [0, 0.1) is 10.1 Å². The SMILES string of the molecule is CN(CC(F)F)C(=O)c1cc(N)ccc1[N+](=O)[O-]. The number of rotatable bonds is 4. The molecule has 0 heterocycles. The van der Waals surface area contributed by atoms with E-state index in [0.29, 0.717) is 4.90 Å². The van der Waals surface area contributed by atoms with Gasteiger partial charge in [-0.25, -0.2) is 8.78 Å². The van der Waals surface area contributed by atoms with Crippen LogP contribution in [0.3, 0.4) is 0 Å². The first kappa shape index (κ1) is 13.8. The largest absolute Gasteiger partial charge is 0.399 e. The van der Waals surface area contributed by atoms with Crippen LogP contribution in [0.2, 0.25) is 0 Å². The van der Waals surface area contributed by atoms with Gasteiger partial charge in [-0.15, -0.1) is 0 Å². The molecule has 0 unspecified atom stereocenters. The maximum atomic E-state index is 12.1. The lowest BCUT2D eigenvalue weighted by Gasteiger charge is -2.16. The molecular formula is C10H11F2N3O3. The number of benzene rings is 1. The molecule has 0 aromatic heterocycles. The fourth-order valence-corrected chi connectivity index (χ4v) is 1.38. The number of hydrogen-bond donors (Lipinski definition) is 1. The van der Waals surface area contributed by atoms with E-state index in [4.69, 9.17) is 5.73 Å². The fraction of sp³-hybridized carbons (Fsp3) is 0.300. The summed E-state index contributed by atoms with van der Waals surface area (Å²) in [6.07, 6.45) is -2.71. The van der Waals surface area contributed by atoms with Crippen molar-refractivity contribution in [3.63, 3.8) is 0 Å². The van der Waals surface area contributed by atoms with Crippen LogP contribution >= 0.6 is 0 Å². The summed E-state index contributed by atoms with van der Waals surface area (Å²) >= 11 is 0. The van der Waals surface area contributed by atoms with Gasteiger partial charge in [-0.2, -0.15) is 0 Å². The van der Waals surface area contributed by atoms with Crippen LogP contribution in [0.25, 0.3) is 0 Å². The predicted molar refractivity (Wildman–Crippen MR) is 60.5 cm³/mol. The quantitative estimate of drug-likeness (QED) is 0.504. The summed E-state index contributed by atoms with van der Waals surface area (Å²) in [5, 5.41) is 10.7. The Labute approximate surface area is 101 Å². The number of amides is 1. The van der Waals surface area contributed by atoms with E-state index < -0.39 is 29.5 Å². The van der Waals surface area contributed by atoms with Crippen molar-refractivity contribution in [1.82, 2.24) is 4.90 Å². The van der Waals surface area contributed by atoms with Gasteiger partial charge in [0.15, 0.2) is 0 Å². The van der Waals surface area contributed by atoms with Crippen molar-refractivity contribution < 1.29 is 18.5 Å². The molecule has 98 valence electrons. The van der Waals surface area contributed by atoms with E-state index in [9.17, 15) is 23.7 Å². The van der Waals surface area contributed by atoms with Crippen molar-refractivity contribution >= 4 is 17.3 Å². The summed E-state index contributed by atoms with van der Waals surface area (Å²) in [6, 6.07) is 3.43. The highest BCUT2D eigenvalue weighted by molar-refractivity contribution is 5.98. The van der Waals surface area contributed by atoms with Gasteiger partial charge in [0, 0.05) is 18.8 Å². The fourth-order valence-electron chi connectivity index (χ4n) is 1.38. The van der Waals surface area contributed by atoms with Crippen LogP contribution in [-0.4, -0.2) is 35.7 Å². The van der Waals surface area contributed by atoms with Gasteiger partial charge in [-0.3, -0.25) is 14.9 Å². The van der Waals surface area contributed by atoms with Gasteiger partial charge < -0.3 is 10.6 Å². The number of nitrogen functional groups attached to an aromatic ring is 1. The van der Waals surface area contributed by atoms with E-state index in [1.165, 1.54) is 6.07 Å². The molecule has 18 heavy (non-hydrogen) atoms. The summed E-state index contributed by atoms with van der Waals surface area (Å²) in [5.74, 6) is -0.866. The molecule has 0 aliphatic carbocycles. The number of carbonyl (C=O) groups is 1. The van der Waals surface area contributed by atoms with Crippen LogP contribution in [0.1, 0.15) is 10.4 Å². The Morgan fingerprint density at radius 1 is 1.56 bits per heavy atom. The molecular weight excluding hydrogens is 248 g/mol. The second kappa shape index (κ2) is 5.39. The standard InChI is InChI=1S/C10H11F2N3O3/c1-14(5-9(11)12)10(16)7-4-6(13)2-3-8(7)15(17)18/h2-4,9H,5,13H2,1H3. The predicted octanol–water partition coefficient (Wildman–Crippen LogP) is 1.51. The summed E-state index contributed by atoms with van der Waals surface area (Å²) in [6.45, 7) is -0.801. The third-order valence-corrected chi connectivity index (χ3v) is 2.21. The van der Waals surface area contributed by atoms with E-state index in [1.807, 2.05) is 0 Å². The van der Waals surface area contributed by atoms with Crippen molar-refractivity contribution in [3.8, 4) is 0 Å². The van der Waals surface area contributed by atoms with Crippen LogP contribution in [0.5, 0.6) is 0 Å². The van der Waals surface area contributed by atoms with Gasteiger partial charge in [0.1, 0.15) is 5.56 Å². The molecule has 0 radical (unpaired) electrons. The number of nitro groups is 1. The summed E-state index contributed by atoms with van der Waals surface area (Å²) < 4.78 is 24.3. The highest BCUT2D eigenvalue weighted by Gasteiger charge is 2.24. The normalized spacial score (nSPS) is 10.4. The Morgan fingerprint density at radius 2 is 2.17 bits per heavy atom. The number of hydrogen-bond acceptors (Lipinski definition) is 4. The Hall–Kier alpha value is -2.25. The number of anilines is 1. The zero-order chi connectivity index (χ0) is 13.9. The third-order valence-electron chi connectivity index (χ3n) is 2.21. The van der Waals surface area contributed by atoms with Gasteiger partial charge >= 0.3 is 0 Å². The summed E-state index contributed by atoms with van der Waals surface area (Å²) in [4.78, 5) is 22.5. The van der Waals surface area contributed by atoms with Gasteiger partial charge in [0.25, 0.3) is 18.0 Å². The number of nitrogens with zero attached hydrogens (tertiary/aromatic N) is 2. The molecule has 0 fully saturated rings. The minimum atomic E-state index is -2.71. The molecule has 0 bridgehead atoms. The molecule has 0 saturated heterocycles. The molecule has 0 aliphatic rings. The van der Waals surface area contributed by atoms with E-state index in [0.717, 1.165) is 19.2 Å². The average molecular weight is 259 g/mol. The molecule has 2 N–H and O–H groups in total. The van der Waals surface area contributed by atoms with Gasteiger partial charge in [-0.05, 0) is 12.1 Å². The first-order valence-electron chi connectivity index (χ1n) is 4.90. The number of nitro benzene ring substituents is 1. The van der Waals surface area contributed by atoms with Crippen molar-refractivity contribution in [3.05, 3.63) is 33.9 Å². The van der Waals surface area contributed by atoms with E-state index in [1.54, 1.807) is 0 Å². The zero-order valence-corrected chi connectivity index (χ0v) is 9.47. The Kier molecular flexibility index (Phi) is 4.13. The van der Waals surface area contributed by atoms with Crippen molar-refractivity contribution in [2.45, 2.75) is 6.43 Å². The molecule has 6 nitrogen and oxygen atoms in total. The molecule has 8 heteroatoms. The first-order chi connectivity index (χ1) is 8.32. The maximum Gasteiger partial charge on any atom is 0.282 e. The number of halogens is 2. The van der Waals surface area contributed by atoms with Crippen molar-refractivity contribution in [2.24, 2.45) is 0 Å². The molecule has 1 rings (SSSR count). The first-order valence-corrected chi connectivity index (χ1v) is 4.90. The highest BCUT2D eigenvalue weighted by Crippen LogP contribution is 2.22. The number of carbonyl (C=O) groups excluding carboxylic acids is 1. The second-order valence-corrected chi connectivity index (χ2v) is 3.61. The minimum Gasteiger partial charge on any atom is -0.399 e. The second-order valence-electron chi connectivity index (χ2n) is 3.61.